The topological polar surface area (TPSA) is 81.1 Å². The highest BCUT2D eigenvalue weighted by atomic mass is 15.3. The monoisotopic (exact) mass is 306 g/mol. The van der Waals surface area contributed by atoms with Crippen LogP contribution in [0.5, 0.6) is 0 Å². The number of anilines is 1. The third kappa shape index (κ3) is 3.94. The lowest BCUT2D eigenvalue weighted by molar-refractivity contribution is 0.877. The molecule has 0 aliphatic carbocycles. The van der Waals surface area contributed by atoms with Crippen molar-refractivity contribution in [2.45, 2.75) is 13.5 Å². The van der Waals surface area contributed by atoms with Gasteiger partial charge >= 0.3 is 0 Å². The molecule has 116 valence electrons. The molecule has 3 aromatic rings. The second kappa shape index (κ2) is 6.74. The molecule has 0 fully saturated rings. The standard InChI is InChI=1S/C17H18N6/c1-13-2-6-15(7-3-13)22-17(18)20-10-14-4-8-16(9-5-14)23-12-19-11-21-23/h2-9,11-12H,10H2,1H3,(H3,18,20,22). The second-order valence-corrected chi connectivity index (χ2v) is 5.20. The predicted molar refractivity (Wildman–Crippen MR) is 91.5 cm³/mol. The summed E-state index contributed by atoms with van der Waals surface area (Å²) in [7, 11) is 0. The highest BCUT2D eigenvalue weighted by molar-refractivity contribution is 5.92. The number of hydrogen-bond acceptors (Lipinski definition) is 3. The van der Waals surface area contributed by atoms with Gasteiger partial charge in [-0.1, -0.05) is 29.8 Å². The van der Waals surface area contributed by atoms with E-state index in [-0.39, 0.29) is 0 Å². The van der Waals surface area contributed by atoms with Gasteiger partial charge in [-0.15, -0.1) is 0 Å². The Kier molecular flexibility index (Phi) is 4.33. The van der Waals surface area contributed by atoms with Crippen LogP contribution in [0.15, 0.2) is 66.2 Å². The molecule has 0 radical (unpaired) electrons. The van der Waals surface area contributed by atoms with E-state index in [1.165, 1.54) is 11.9 Å². The van der Waals surface area contributed by atoms with Gasteiger partial charge in [0.15, 0.2) is 5.96 Å². The summed E-state index contributed by atoms with van der Waals surface area (Å²) in [5.74, 6) is 0.397. The summed E-state index contributed by atoms with van der Waals surface area (Å²) in [4.78, 5) is 8.28. The first-order valence-electron chi connectivity index (χ1n) is 7.28. The van der Waals surface area contributed by atoms with Crippen LogP contribution in [0.2, 0.25) is 0 Å². The normalized spacial score (nSPS) is 11.4. The first kappa shape index (κ1) is 14.8. The van der Waals surface area contributed by atoms with Crippen molar-refractivity contribution in [3.8, 4) is 5.69 Å². The van der Waals surface area contributed by atoms with Crippen molar-refractivity contribution >= 4 is 11.6 Å². The highest BCUT2D eigenvalue weighted by Crippen LogP contribution is 2.10. The van der Waals surface area contributed by atoms with Crippen LogP contribution in [0.1, 0.15) is 11.1 Å². The SMILES string of the molecule is Cc1ccc(NC(N)=NCc2ccc(-n3cncn3)cc2)cc1. The average molecular weight is 306 g/mol. The minimum Gasteiger partial charge on any atom is -0.370 e. The molecule has 1 aromatic heterocycles. The Morgan fingerprint density at radius 3 is 2.52 bits per heavy atom. The molecule has 1 heterocycles. The van der Waals surface area contributed by atoms with Gasteiger partial charge in [0.25, 0.3) is 0 Å². The molecule has 0 atom stereocenters. The molecule has 3 rings (SSSR count). The number of guanidine groups is 1. The fourth-order valence-electron chi connectivity index (χ4n) is 2.10. The molecule has 0 unspecified atom stereocenters. The zero-order chi connectivity index (χ0) is 16.1. The van der Waals surface area contributed by atoms with Gasteiger partial charge < -0.3 is 11.1 Å². The highest BCUT2D eigenvalue weighted by Gasteiger charge is 1.98. The molecule has 3 N–H and O–H groups in total. The summed E-state index contributed by atoms with van der Waals surface area (Å²) in [5.41, 5.74) is 10.1. The van der Waals surface area contributed by atoms with Crippen LogP contribution >= 0.6 is 0 Å². The van der Waals surface area contributed by atoms with Gasteiger partial charge in [-0.3, -0.25) is 0 Å². The van der Waals surface area contributed by atoms with Gasteiger partial charge in [0.2, 0.25) is 0 Å². The molecule has 0 saturated heterocycles. The lowest BCUT2D eigenvalue weighted by Crippen LogP contribution is -2.22. The van der Waals surface area contributed by atoms with E-state index >= 15 is 0 Å². The first-order valence-corrected chi connectivity index (χ1v) is 7.28. The maximum Gasteiger partial charge on any atom is 0.193 e. The van der Waals surface area contributed by atoms with Crippen LogP contribution in [0.3, 0.4) is 0 Å². The van der Waals surface area contributed by atoms with Gasteiger partial charge in [0, 0.05) is 5.69 Å². The zero-order valence-electron chi connectivity index (χ0n) is 12.8. The van der Waals surface area contributed by atoms with Crippen molar-refractivity contribution in [1.29, 1.82) is 0 Å². The predicted octanol–water partition coefficient (Wildman–Crippen LogP) is 2.50. The molecule has 6 heteroatoms. The van der Waals surface area contributed by atoms with E-state index in [1.54, 1.807) is 11.0 Å². The summed E-state index contributed by atoms with van der Waals surface area (Å²) in [6.45, 7) is 2.56. The van der Waals surface area contributed by atoms with Gasteiger partial charge in [-0.25, -0.2) is 14.7 Å². The lowest BCUT2D eigenvalue weighted by Gasteiger charge is -2.06. The third-order valence-electron chi connectivity index (χ3n) is 3.38. The average Bonchev–Trinajstić information content (AvgIpc) is 3.10. The summed E-state index contributed by atoms with van der Waals surface area (Å²) in [6, 6.07) is 16.0. The summed E-state index contributed by atoms with van der Waals surface area (Å²) in [6.07, 6.45) is 3.17. The number of nitrogens with two attached hydrogens (primary N) is 1. The molecule has 0 saturated carbocycles. The van der Waals surface area contributed by atoms with E-state index in [4.69, 9.17) is 5.73 Å². The smallest absolute Gasteiger partial charge is 0.193 e. The molecule has 2 aromatic carbocycles. The van der Waals surface area contributed by atoms with Gasteiger partial charge in [0.05, 0.1) is 12.2 Å². The molecule has 0 bridgehead atoms. The van der Waals surface area contributed by atoms with Gasteiger partial charge in [0.1, 0.15) is 12.7 Å². The number of aromatic nitrogens is 3. The van der Waals surface area contributed by atoms with Crippen LogP contribution in [-0.4, -0.2) is 20.7 Å². The van der Waals surface area contributed by atoms with Crippen LogP contribution in [-0.2, 0) is 6.54 Å². The van der Waals surface area contributed by atoms with Crippen molar-refractivity contribution in [2.24, 2.45) is 10.7 Å². The molecular weight excluding hydrogens is 288 g/mol. The largest absolute Gasteiger partial charge is 0.370 e. The number of hydrogen-bond donors (Lipinski definition) is 2. The Balaban J connectivity index is 1.61. The van der Waals surface area contributed by atoms with Crippen molar-refractivity contribution < 1.29 is 0 Å². The number of nitrogens with one attached hydrogen (secondary N) is 1. The Morgan fingerprint density at radius 1 is 1.13 bits per heavy atom. The van der Waals surface area contributed by atoms with Crippen molar-refractivity contribution in [2.75, 3.05) is 5.32 Å². The minimum absolute atomic E-state index is 0.397. The molecule has 0 amide bonds. The molecule has 6 nitrogen and oxygen atoms in total. The van der Waals surface area contributed by atoms with Gasteiger partial charge in [-0.2, -0.15) is 5.10 Å². The Labute approximate surface area is 134 Å². The number of benzene rings is 2. The molecule has 0 aliphatic heterocycles. The third-order valence-corrected chi connectivity index (χ3v) is 3.38. The molecule has 0 aliphatic rings. The van der Waals surface area contributed by atoms with E-state index in [1.807, 2.05) is 55.5 Å². The number of aryl methyl sites for hydroxylation is 1. The Bertz CT molecular complexity index is 773. The molecule has 0 spiro atoms. The van der Waals surface area contributed by atoms with Crippen LogP contribution in [0, 0.1) is 6.92 Å². The Morgan fingerprint density at radius 2 is 1.87 bits per heavy atom. The van der Waals surface area contributed by atoms with E-state index in [0.717, 1.165) is 16.9 Å². The fourth-order valence-corrected chi connectivity index (χ4v) is 2.10. The molecular formula is C17H18N6. The van der Waals surface area contributed by atoms with Crippen molar-refractivity contribution in [1.82, 2.24) is 14.8 Å². The number of nitrogens with zero attached hydrogens (tertiary/aromatic N) is 4. The molecule has 23 heavy (non-hydrogen) atoms. The summed E-state index contributed by atoms with van der Waals surface area (Å²) >= 11 is 0. The first-order chi connectivity index (χ1) is 11.2. The summed E-state index contributed by atoms with van der Waals surface area (Å²) in [5, 5.41) is 7.17. The van der Waals surface area contributed by atoms with Crippen LogP contribution in [0.4, 0.5) is 5.69 Å². The van der Waals surface area contributed by atoms with Crippen molar-refractivity contribution in [3.63, 3.8) is 0 Å². The number of rotatable bonds is 4. The lowest BCUT2D eigenvalue weighted by atomic mass is 10.2. The zero-order valence-corrected chi connectivity index (χ0v) is 12.8. The van der Waals surface area contributed by atoms with E-state index in [0.29, 0.717) is 12.5 Å². The summed E-state index contributed by atoms with van der Waals surface area (Å²) < 4.78 is 1.71. The minimum atomic E-state index is 0.397. The Hall–Kier alpha value is -3.15. The van der Waals surface area contributed by atoms with Gasteiger partial charge in [-0.05, 0) is 36.8 Å². The van der Waals surface area contributed by atoms with Crippen LogP contribution < -0.4 is 11.1 Å². The maximum atomic E-state index is 5.92. The van der Waals surface area contributed by atoms with E-state index < -0.39 is 0 Å². The second-order valence-electron chi connectivity index (χ2n) is 5.20. The van der Waals surface area contributed by atoms with E-state index in [9.17, 15) is 0 Å². The van der Waals surface area contributed by atoms with E-state index in [2.05, 4.69) is 20.4 Å². The maximum absolute atomic E-state index is 5.92. The quantitative estimate of drug-likeness (QED) is 0.573. The van der Waals surface area contributed by atoms with Crippen LogP contribution in [0.25, 0.3) is 5.69 Å². The fraction of sp³-hybridized carbons (Fsp3) is 0.118. The number of aliphatic imine (C=N–C) groups is 1. The van der Waals surface area contributed by atoms with Crippen molar-refractivity contribution in [3.05, 3.63) is 72.3 Å².